The lowest BCUT2D eigenvalue weighted by atomic mass is 10.1. The van der Waals surface area contributed by atoms with E-state index in [-0.39, 0.29) is 17.7 Å². The van der Waals surface area contributed by atoms with Gasteiger partial charge < -0.3 is 4.90 Å². The molecule has 8 nitrogen and oxygen atoms in total. The molecule has 0 saturated heterocycles. The number of nitro groups is 1. The molecule has 2 amide bonds. The number of hydrazine groups is 1. The van der Waals surface area contributed by atoms with Crippen molar-refractivity contribution in [2.45, 2.75) is 6.42 Å². The number of para-hydroxylation sites is 1. The van der Waals surface area contributed by atoms with Crippen LogP contribution in [0.1, 0.15) is 15.9 Å². The zero-order valence-electron chi connectivity index (χ0n) is 13.9. The fourth-order valence-corrected chi connectivity index (χ4v) is 2.18. The molecule has 25 heavy (non-hydrogen) atoms. The van der Waals surface area contributed by atoms with Gasteiger partial charge in [-0.3, -0.25) is 30.6 Å². The van der Waals surface area contributed by atoms with Crippen molar-refractivity contribution in [2.24, 2.45) is 0 Å². The minimum atomic E-state index is -0.550. The highest BCUT2D eigenvalue weighted by atomic mass is 16.6. The maximum absolute atomic E-state index is 12.1. The molecule has 130 valence electrons. The van der Waals surface area contributed by atoms with Gasteiger partial charge in [-0.05, 0) is 18.2 Å². The van der Waals surface area contributed by atoms with Crippen LogP contribution in [-0.4, -0.2) is 30.8 Å². The first kappa shape index (κ1) is 17.9. The minimum Gasteiger partial charge on any atom is -0.378 e. The van der Waals surface area contributed by atoms with E-state index < -0.39 is 16.7 Å². The number of hydrogen-bond acceptors (Lipinski definition) is 5. The molecule has 0 aromatic heterocycles. The Morgan fingerprint density at radius 3 is 2.48 bits per heavy atom. The highest BCUT2D eigenvalue weighted by molar-refractivity contribution is 5.96. The monoisotopic (exact) mass is 342 g/mol. The van der Waals surface area contributed by atoms with E-state index >= 15 is 0 Å². The Morgan fingerprint density at radius 2 is 1.80 bits per heavy atom. The summed E-state index contributed by atoms with van der Waals surface area (Å²) in [5.41, 5.74) is 5.94. The van der Waals surface area contributed by atoms with E-state index in [9.17, 15) is 19.7 Å². The van der Waals surface area contributed by atoms with Crippen LogP contribution in [0.25, 0.3) is 0 Å². The molecule has 0 saturated carbocycles. The van der Waals surface area contributed by atoms with Crippen LogP contribution in [0.4, 0.5) is 11.4 Å². The second-order valence-electron chi connectivity index (χ2n) is 5.51. The van der Waals surface area contributed by atoms with Crippen molar-refractivity contribution in [3.8, 4) is 0 Å². The fraction of sp³-hybridized carbons (Fsp3) is 0.176. The summed E-state index contributed by atoms with van der Waals surface area (Å²) in [6.07, 6.45) is -0.213. The topological polar surface area (TPSA) is 105 Å². The smallest absolute Gasteiger partial charge is 0.273 e. The van der Waals surface area contributed by atoms with Gasteiger partial charge in [-0.1, -0.05) is 24.3 Å². The van der Waals surface area contributed by atoms with E-state index in [0.29, 0.717) is 5.56 Å². The van der Waals surface area contributed by atoms with E-state index in [0.717, 1.165) is 5.69 Å². The van der Waals surface area contributed by atoms with Crippen molar-refractivity contribution >= 4 is 23.2 Å². The molecule has 0 heterocycles. The number of rotatable bonds is 5. The van der Waals surface area contributed by atoms with Crippen LogP contribution in [0.3, 0.4) is 0 Å². The average Bonchev–Trinajstić information content (AvgIpc) is 2.60. The highest BCUT2D eigenvalue weighted by Crippen LogP contribution is 2.18. The van der Waals surface area contributed by atoms with Gasteiger partial charge in [0, 0.05) is 37.0 Å². The van der Waals surface area contributed by atoms with E-state index in [1.807, 2.05) is 25.1 Å². The average molecular weight is 342 g/mol. The van der Waals surface area contributed by atoms with Crippen LogP contribution < -0.4 is 15.8 Å². The number of hydrogen-bond donors (Lipinski definition) is 2. The van der Waals surface area contributed by atoms with Gasteiger partial charge in [-0.2, -0.15) is 0 Å². The molecule has 0 spiro atoms. The molecule has 2 aromatic rings. The SMILES string of the molecule is CN(C)c1cccc(C(=O)NNC(=O)Cc2ccccc2[N+](=O)[O-])c1. The standard InChI is InChI=1S/C17H18N4O4/c1-20(2)14-8-5-7-13(10-14)17(23)19-18-16(22)11-12-6-3-4-9-15(12)21(24)25/h3-10H,11H2,1-2H3,(H,18,22)(H,19,23). The summed E-state index contributed by atoms with van der Waals surface area (Å²) in [4.78, 5) is 36.3. The molecule has 0 unspecified atom stereocenters. The van der Waals surface area contributed by atoms with Crippen LogP contribution in [-0.2, 0) is 11.2 Å². The maximum atomic E-state index is 12.1. The molecular weight excluding hydrogens is 324 g/mol. The zero-order chi connectivity index (χ0) is 18.4. The van der Waals surface area contributed by atoms with Crippen LogP contribution >= 0.6 is 0 Å². The van der Waals surface area contributed by atoms with Gasteiger partial charge in [0.05, 0.1) is 11.3 Å². The molecular formula is C17H18N4O4. The van der Waals surface area contributed by atoms with Crippen LogP contribution in [0.5, 0.6) is 0 Å². The summed E-state index contributed by atoms with van der Waals surface area (Å²) in [6, 6.07) is 12.9. The number of nitro benzene ring substituents is 1. The third kappa shape index (κ3) is 4.77. The van der Waals surface area contributed by atoms with E-state index in [1.165, 1.54) is 18.2 Å². The Kier molecular flexibility index (Phi) is 5.67. The van der Waals surface area contributed by atoms with Gasteiger partial charge in [-0.15, -0.1) is 0 Å². The third-order valence-electron chi connectivity index (χ3n) is 3.48. The number of amides is 2. The Morgan fingerprint density at radius 1 is 1.08 bits per heavy atom. The summed E-state index contributed by atoms with van der Waals surface area (Å²) < 4.78 is 0. The predicted octanol–water partition coefficient (Wildman–Crippen LogP) is 1.66. The van der Waals surface area contributed by atoms with Crippen molar-refractivity contribution in [2.75, 3.05) is 19.0 Å². The lowest BCUT2D eigenvalue weighted by Crippen LogP contribution is -2.42. The Bertz CT molecular complexity index is 805. The molecule has 0 radical (unpaired) electrons. The molecule has 2 rings (SSSR count). The largest absolute Gasteiger partial charge is 0.378 e. The van der Waals surface area contributed by atoms with Crippen molar-refractivity contribution < 1.29 is 14.5 Å². The van der Waals surface area contributed by atoms with Gasteiger partial charge in [-0.25, -0.2) is 0 Å². The number of nitrogens with zero attached hydrogens (tertiary/aromatic N) is 2. The lowest BCUT2D eigenvalue weighted by Gasteiger charge is -2.13. The quantitative estimate of drug-likeness (QED) is 0.635. The number of benzene rings is 2. The van der Waals surface area contributed by atoms with Crippen LogP contribution in [0.15, 0.2) is 48.5 Å². The first-order valence-electron chi connectivity index (χ1n) is 7.47. The number of carbonyl (C=O) groups excluding carboxylic acids is 2. The first-order valence-corrected chi connectivity index (χ1v) is 7.47. The predicted molar refractivity (Wildman–Crippen MR) is 93.2 cm³/mol. The Hall–Kier alpha value is -3.42. The van der Waals surface area contributed by atoms with Crippen molar-refractivity contribution in [1.82, 2.24) is 10.9 Å². The van der Waals surface area contributed by atoms with Gasteiger partial charge in [0.15, 0.2) is 0 Å². The summed E-state index contributed by atoms with van der Waals surface area (Å²) >= 11 is 0. The van der Waals surface area contributed by atoms with Crippen LogP contribution in [0.2, 0.25) is 0 Å². The molecule has 2 aromatic carbocycles. The normalized spacial score (nSPS) is 10.0. The summed E-state index contributed by atoms with van der Waals surface area (Å²) in [5.74, 6) is -1.02. The maximum Gasteiger partial charge on any atom is 0.273 e. The molecule has 0 aliphatic rings. The van der Waals surface area contributed by atoms with Crippen molar-refractivity contribution in [3.63, 3.8) is 0 Å². The van der Waals surface area contributed by atoms with Crippen molar-refractivity contribution in [1.29, 1.82) is 0 Å². The van der Waals surface area contributed by atoms with E-state index in [4.69, 9.17) is 0 Å². The highest BCUT2D eigenvalue weighted by Gasteiger charge is 2.16. The number of carbonyl (C=O) groups is 2. The summed E-state index contributed by atoms with van der Waals surface area (Å²) in [6.45, 7) is 0. The molecule has 0 aliphatic carbocycles. The summed E-state index contributed by atoms with van der Waals surface area (Å²) in [7, 11) is 3.71. The molecule has 0 bridgehead atoms. The Labute approximate surface area is 144 Å². The first-order chi connectivity index (χ1) is 11.9. The minimum absolute atomic E-state index is 0.136. The fourth-order valence-electron chi connectivity index (χ4n) is 2.18. The van der Waals surface area contributed by atoms with Gasteiger partial charge >= 0.3 is 0 Å². The molecule has 8 heteroatoms. The summed E-state index contributed by atoms with van der Waals surface area (Å²) in [5, 5.41) is 10.9. The zero-order valence-corrected chi connectivity index (χ0v) is 13.9. The second kappa shape index (κ2) is 7.91. The molecule has 0 aliphatic heterocycles. The number of anilines is 1. The van der Waals surface area contributed by atoms with Gasteiger partial charge in [0.1, 0.15) is 0 Å². The van der Waals surface area contributed by atoms with Crippen molar-refractivity contribution in [3.05, 3.63) is 69.8 Å². The van der Waals surface area contributed by atoms with E-state index in [2.05, 4.69) is 10.9 Å². The third-order valence-corrected chi connectivity index (χ3v) is 3.48. The second-order valence-corrected chi connectivity index (χ2v) is 5.51. The Balaban J connectivity index is 1.97. The lowest BCUT2D eigenvalue weighted by molar-refractivity contribution is -0.385. The molecule has 2 N–H and O–H groups in total. The molecule has 0 atom stereocenters. The van der Waals surface area contributed by atoms with Gasteiger partial charge in [0.25, 0.3) is 11.6 Å². The molecule has 0 fully saturated rings. The van der Waals surface area contributed by atoms with Gasteiger partial charge in [0.2, 0.25) is 5.91 Å². The van der Waals surface area contributed by atoms with E-state index in [1.54, 1.807) is 24.3 Å². The van der Waals surface area contributed by atoms with Crippen LogP contribution in [0, 0.1) is 10.1 Å². The number of nitrogens with one attached hydrogen (secondary N) is 2.